The van der Waals surface area contributed by atoms with Crippen LogP contribution in [0.25, 0.3) is 0 Å². The van der Waals surface area contributed by atoms with E-state index in [-0.39, 0.29) is 11.6 Å². The van der Waals surface area contributed by atoms with Crippen molar-refractivity contribution in [2.24, 2.45) is 0 Å². The van der Waals surface area contributed by atoms with Gasteiger partial charge in [0.15, 0.2) is 11.5 Å². The van der Waals surface area contributed by atoms with Crippen molar-refractivity contribution in [2.75, 3.05) is 19.5 Å². The van der Waals surface area contributed by atoms with Crippen LogP contribution in [0.1, 0.15) is 27.2 Å². The van der Waals surface area contributed by atoms with Gasteiger partial charge in [-0.3, -0.25) is 4.79 Å². The van der Waals surface area contributed by atoms with Gasteiger partial charge in [-0.1, -0.05) is 35.9 Å². The summed E-state index contributed by atoms with van der Waals surface area (Å²) in [4.78, 5) is 20.8. The van der Waals surface area contributed by atoms with E-state index in [2.05, 4.69) is 39.7 Å². The maximum atomic E-state index is 12.3. The molecule has 0 fully saturated rings. The number of nitrogens with one attached hydrogen (secondary N) is 2. The Morgan fingerprint density at radius 3 is 2.41 bits per heavy atom. The van der Waals surface area contributed by atoms with E-state index in [0.29, 0.717) is 30.4 Å². The minimum absolute atomic E-state index is 0.256. The summed E-state index contributed by atoms with van der Waals surface area (Å²) in [6.45, 7) is 3.04. The van der Waals surface area contributed by atoms with Crippen LogP contribution in [0.2, 0.25) is 0 Å². The molecular weight excluding hydrogens is 368 g/mol. The number of hydrogen-bond acceptors (Lipinski definition) is 6. The van der Waals surface area contributed by atoms with Crippen LogP contribution < -0.4 is 20.1 Å². The van der Waals surface area contributed by atoms with Gasteiger partial charge >= 0.3 is 0 Å². The highest BCUT2D eigenvalue weighted by Crippen LogP contribution is 2.27. The topological polar surface area (TPSA) is 85.4 Å². The molecule has 2 aromatic carbocycles. The average molecular weight is 392 g/mol. The first kappa shape index (κ1) is 20.1. The van der Waals surface area contributed by atoms with Crippen molar-refractivity contribution in [1.82, 2.24) is 15.3 Å². The molecule has 0 saturated carbocycles. The Kier molecular flexibility index (Phi) is 6.63. The van der Waals surface area contributed by atoms with Crippen molar-refractivity contribution in [2.45, 2.75) is 20.0 Å². The molecule has 150 valence electrons. The third-order valence-corrected chi connectivity index (χ3v) is 4.34. The van der Waals surface area contributed by atoms with E-state index in [9.17, 15) is 4.79 Å². The van der Waals surface area contributed by atoms with E-state index >= 15 is 0 Å². The van der Waals surface area contributed by atoms with Gasteiger partial charge in [-0.05, 0) is 30.2 Å². The fraction of sp³-hybridized carbons (Fsp3) is 0.227. The van der Waals surface area contributed by atoms with Gasteiger partial charge in [0, 0.05) is 13.1 Å². The fourth-order valence-corrected chi connectivity index (χ4v) is 2.81. The van der Waals surface area contributed by atoms with E-state index in [1.54, 1.807) is 26.5 Å². The summed E-state index contributed by atoms with van der Waals surface area (Å²) in [5.41, 5.74) is 3.51. The molecule has 3 rings (SSSR count). The molecule has 1 aromatic heterocycles. The zero-order chi connectivity index (χ0) is 20.6. The second-order valence-electron chi connectivity index (χ2n) is 6.50. The highest BCUT2D eigenvalue weighted by atomic mass is 16.5. The third-order valence-electron chi connectivity index (χ3n) is 4.34. The number of anilines is 1. The Labute approximate surface area is 170 Å². The second-order valence-corrected chi connectivity index (χ2v) is 6.50. The van der Waals surface area contributed by atoms with Gasteiger partial charge in [-0.2, -0.15) is 0 Å². The molecule has 0 aliphatic heterocycles. The van der Waals surface area contributed by atoms with E-state index in [1.165, 1.54) is 11.8 Å². The zero-order valence-corrected chi connectivity index (χ0v) is 16.7. The number of aromatic nitrogens is 2. The molecule has 0 saturated heterocycles. The Hall–Kier alpha value is -3.61. The Bertz CT molecular complexity index is 974. The quantitative estimate of drug-likeness (QED) is 0.612. The maximum absolute atomic E-state index is 12.3. The van der Waals surface area contributed by atoms with Crippen LogP contribution >= 0.6 is 0 Å². The van der Waals surface area contributed by atoms with Crippen LogP contribution in [0, 0.1) is 6.92 Å². The molecule has 0 aliphatic carbocycles. The molecule has 3 aromatic rings. The van der Waals surface area contributed by atoms with Crippen molar-refractivity contribution in [3.8, 4) is 11.5 Å². The van der Waals surface area contributed by atoms with Gasteiger partial charge in [-0.25, -0.2) is 9.97 Å². The molecule has 0 aliphatic rings. The fourth-order valence-electron chi connectivity index (χ4n) is 2.81. The van der Waals surface area contributed by atoms with Crippen molar-refractivity contribution < 1.29 is 14.3 Å². The predicted molar refractivity (Wildman–Crippen MR) is 111 cm³/mol. The Morgan fingerprint density at radius 2 is 1.72 bits per heavy atom. The van der Waals surface area contributed by atoms with Crippen molar-refractivity contribution in [3.05, 3.63) is 77.2 Å². The number of nitrogens with zero attached hydrogens (tertiary/aromatic N) is 2. The van der Waals surface area contributed by atoms with E-state index in [0.717, 1.165) is 11.1 Å². The van der Waals surface area contributed by atoms with Gasteiger partial charge < -0.3 is 20.1 Å². The minimum Gasteiger partial charge on any atom is -0.493 e. The van der Waals surface area contributed by atoms with Crippen LogP contribution in [0.15, 0.2) is 54.9 Å². The molecule has 29 heavy (non-hydrogen) atoms. The Balaban J connectivity index is 1.55. The van der Waals surface area contributed by atoms with Crippen molar-refractivity contribution >= 4 is 11.7 Å². The summed E-state index contributed by atoms with van der Waals surface area (Å²) in [5.74, 6) is 1.57. The van der Waals surface area contributed by atoms with Crippen LogP contribution in [-0.2, 0) is 13.1 Å². The lowest BCUT2D eigenvalue weighted by molar-refractivity contribution is 0.0945. The molecule has 7 heteroatoms. The van der Waals surface area contributed by atoms with Crippen molar-refractivity contribution in [1.29, 1.82) is 0 Å². The minimum atomic E-state index is -0.294. The molecule has 0 unspecified atom stereocenters. The molecule has 1 amide bonds. The lowest BCUT2D eigenvalue weighted by Crippen LogP contribution is -2.24. The molecule has 2 N–H and O–H groups in total. The summed E-state index contributed by atoms with van der Waals surface area (Å²) in [6, 6.07) is 13.7. The van der Waals surface area contributed by atoms with Gasteiger partial charge in [0.05, 0.1) is 26.6 Å². The van der Waals surface area contributed by atoms with Crippen LogP contribution in [0.3, 0.4) is 0 Å². The van der Waals surface area contributed by atoms with E-state index in [4.69, 9.17) is 9.47 Å². The summed E-state index contributed by atoms with van der Waals surface area (Å²) in [6.07, 6.45) is 3.02. The first-order valence-electron chi connectivity index (χ1n) is 9.19. The smallest absolute Gasteiger partial charge is 0.271 e. The van der Waals surface area contributed by atoms with Gasteiger partial charge in [-0.15, -0.1) is 0 Å². The molecular formula is C22H24N4O3. The first-order chi connectivity index (χ1) is 14.1. The predicted octanol–water partition coefficient (Wildman–Crippen LogP) is 3.34. The van der Waals surface area contributed by atoms with Crippen molar-refractivity contribution in [3.63, 3.8) is 0 Å². The molecule has 0 spiro atoms. The summed E-state index contributed by atoms with van der Waals surface area (Å²) < 4.78 is 10.5. The lowest BCUT2D eigenvalue weighted by atomic mass is 10.1. The zero-order valence-electron chi connectivity index (χ0n) is 16.7. The first-order valence-corrected chi connectivity index (χ1v) is 9.19. The Morgan fingerprint density at radius 1 is 0.931 bits per heavy atom. The number of ether oxygens (including phenoxy) is 2. The summed E-state index contributed by atoms with van der Waals surface area (Å²) in [7, 11) is 3.15. The SMILES string of the molecule is COc1ccc(CNC(=O)c2cnc(NCc3cccc(C)c3)cn2)cc1OC. The van der Waals surface area contributed by atoms with Gasteiger partial charge in [0.1, 0.15) is 11.5 Å². The lowest BCUT2D eigenvalue weighted by Gasteiger charge is -2.10. The number of aryl methyl sites for hydroxylation is 1. The van der Waals surface area contributed by atoms with E-state index in [1.807, 2.05) is 24.3 Å². The molecule has 1 heterocycles. The van der Waals surface area contributed by atoms with Gasteiger partial charge in [0.25, 0.3) is 5.91 Å². The molecule has 7 nitrogen and oxygen atoms in total. The van der Waals surface area contributed by atoms with E-state index < -0.39 is 0 Å². The highest BCUT2D eigenvalue weighted by molar-refractivity contribution is 5.91. The monoisotopic (exact) mass is 392 g/mol. The molecule has 0 bridgehead atoms. The number of benzene rings is 2. The number of amides is 1. The number of hydrogen-bond donors (Lipinski definition) is 2. The standard InChI is InChI=1S/C22H24N4O3/c1-15-5-4-6-16(9-15)11-24-21-14-23-18(13-25-21)22(27)26-12-17-7-8-19(28-2)20(10-17)29-3/h4-10,13-14H,11-12H2,1-3H3,(H,24,25)(H,26,27). The van der Waals surface area contributed by atoms with Crippen LogP contribution in [-0.4, -0.2) is 30.1 Å². The van der Waals surface area contributed by atoms with Gasteiger partial charge in [0.2, 0.25) is 0 Å². The second kappa shape index (κ2) is 9.54. The normalized spacial score (nSPS) is 10.3. The average Bonchev–Trinajstić information content (AvgIpc) is 2.76. The molecule has 0 radical (unpaired) electrons. The number of methoxy groups -OCH3 is 2. The summed E-state index contributed by atoms with van der Waals surface area (Å²) in [5, 5.41) is 6.03. The maximum Gasteiger partial charge on any atom is 0.271 e. The third kappa shape index (κ3) is 5.44. The van der Waals surface area contributed by atoms with Crippen LogP contribution in [0.5, 0.6) is 11.5 Å². The number of carbonyl (C=O) groups excluding carboxylic acids is 1. The van der Waals surface area contributed by atoms with Crippen LogP contribution in [0.4, 0.5) is 5.82 Å². The number of rotatable bonds is 8. The number of carbonyl (C=O) groups is 1. The summed E-state index contributed by atoms with van der Waals surface area (Å²) >= 11 is 0. The highest BCUT2D eigenvalue weighted by Gasteiger charge is 2.10. The largest absolute Gasteiger partial charge is 0.493 e. The molecule has 0 atom stereocenters.